The van der Waals surface area contributed by atoms with Crippen LogP contribution in [0.5, 0.6) is 0 Å². The maximum absolute atomic E-state index is 12.9. The molecule has 0 radical (unpaired) electrons. The Labute approximate surface area is 205 Å². The van der Waals surface area contributed by atoms with Gasteiger partial charge in [0.1, 0.15) is 23.6 Å². The molecule has 1 aliphatic heterocycles. The van der Waals surface area contributed by atoms with Gasteiger partial charge in [0.2, 0.25) is 11.8 Å². The number of rotatable bonds is 11. The molecule has 2 heterocycles. The van der Waals surface area contributed by atoms with Crippen LogP contribution < -0.4 is 15.6 Å². The minimum absolute atomic E-state index is 0.0380. The Morgan fingerprint density at radius 3 is 2.69 bits per heavy atom. The van der Waals surface area contributed by atoms with E-state index < -0.39 is 52.3 Å². The second kappa shape index (κ2) is 12.3. The highest BCUT2D eigenvalue weighted by Gasteiger charge is 2.56. The SMILES string of the molecule is C=C(C)C(C(=O)OCCI)N1C(=O)C(NC(=O)Cc2cccs2)C1S(=O)NNC(=O)OC. The van der Waals surface area contributed by atoms with E-state index in [2.05, 4.69) is 26.9 Å². The first kappa shape index (κ1) is 26.2. The lowest BCUT2D eigenvalue weighted by molar-refractivity contribution is -0.162. The smallest absolute Gasteiger partial charge is 0.422 e. The Hall–Kier alpha value is -2.04. The van der Waals surface area contributed by atoms with E-state index in [0.717, 1.165) is 16.9 Å². The van der Waals surface area contributed by atoms with Gasteiger partial charge in [0.05, 0.1) is 13.5 Å². The first-order valence-corrected chi connectivity index (χ1v) is 12.8. The van der Waals surface area contributed by atoms with Crippen molar-refractivity contribution in [3.8, 4) is 0 Å². The molecule has 11 nitrogen and oxygen atoms in total. The molecule has 4 unspecified atom stereocenters. The molecule has 176 valence electrons. The third-order valence-electron chi connectivity index (χ3n) is 4.26. The van der Waals surface area contributed by atoms with E-state index in [1.54, 1.807) is 12.1 Å². The Bertz CT molecular complexity index is 896. The average molecular weight is 598 g/mol. The summed E-state index contributed by atoms with van der Waals surface area (Å²) in [6, 6.07) is 1.18. The van der Waals surface area contributed by atoms with E-state index in [1.165, 1.54) is 18.3 Å². The van der Waals surface area contributed by atoms with Crippen LogP contribution in [-0.4, -0.2) is 68.6 Å². The molecular formula is C18H23IN4O7S2. The summed E-state index contributed by atoms with van der Waals surface area (Å²) in [5, 5.41) is 3.20. The lowest BCUT2D eigenvalue weighted by Crippen LogP contribution is -2.76. The molecule has 1 aromatic rings. The Kier molecular flexibility index (Phi) is 10.0. The van der Waals surface area contributed by atoms with Gasteiger partial charge in [-0.25, -0.2) is 19.2 Å². The maximum atomic E-state index is 12.9. The predicted octanol–water partition coefficient (Wildman–Crippen LogP) is 0.391. The molecule has 0 spiro atoms. The summed E-state index contributed by atoms with van der Waals surface area (Å²) in [7, 11) is -0.997. The highest BCUT2D eigenvalue weighted by molar-refractivity contribution is 14.1. The lowest BCUT2D eigenvalue weighted by atomic mass is 9.99. The van der Waals surface area contributed by atoms with E-state index in [-0.39, 0.29) is 13.0 Å². The Morgan fingerprint density at radius 1 is 1.41 bits per heavy atom. The molecule has 0 aromatic carbocycles. The first-order chi connectivity index (χ1) is 15.2. The molecule has 14 heteroatoms. The van der Waals surface area contributed by atoms with Gasteiger partial charge in [-0.1, -0.05) is 35.2 Å². The number of amides is 3. The zero-order chi connectivity index (χ0) is 23.8. The van der Waals surface area contributed by atoms with Crippen LogP contribution in [-0.2, 0) is 41.3 Å². The van der Waals surface area contributed by atoms with Crippen LogP contribution >= 0.6 is 33.9 Å². The number of carbonyl (C=O) groups excluding carboxylic acids is 4. The third kappa shape index (κ3) is 6.49. The van der Waals surface area contributed by atoms with Gasteiger partial charge in [-0.05, 0) is 23.9 Å². The molecule has 3 N–H and O–H groups in total. The molecular weight excluding hydrogens is 575 g/mol. The van der Waals surface area contributed by atoms with Crippen molar-refractivity contribution < 1.29 is 32.9 Å². The molecule has 1 aromatic heterocycles. The van der Waals surface area contributed by atoms with Gasteiger partial charge in [0.15, 0.2) is 11.4 Å². The molecule has 1 aliphatic rings. The van der Waals surface area contributed by atoms with Crippen molar-refractivity contribution in [3.05, 3.63) is 34.5 Å². The quantitative estimate of drug-likeness (QED) is 0.0836. The first-order valence-electron chi connectivity index (χ1n) is 9.23. The van der Waals surface area contributed by atoms with Gasteiger partial charge in [-0.3, -0.25) is 9.59 Å². The monoisotopic (exact) mass is 598 g/mol. The number of carbonyl (C=O) groups is 4. The number of hydrogen-bond acceptors (Lipinski definition) is 8. The summed E-state index contributed by atoms with van der Waals surface area (Å²) >= 11 is 3.41. The number of ether oxygens (including phenoxy) is 2. The van der Waals surface area contributed by atoms with Crippen LogP contribution in [0.1, 0.15) is 11.8 Å². The number of thiophene rings is 1. The van der Waals surface area contributed by atoms with E-state index >= 15 is 0 Å². The number of halogens is 1. The summed E-state index contributed by atoms with van der Waals surface area (Å²) < 4.78 is 23.0. The van der Waals surface area contributed by atoms with Crippen molar-refractivity contribution >= 4 is 68.8 Å². The van der Waals surface area contributed by atoms with Crippen molar-refractivity contribution in [2.75, 3.05) is 18.1 Å². The van der Waals surface area contributed by atoms with E-state index in [1.807, 2.05) is 28.0 Å². The van der Waals surface area contributed by atoms with Crippen molar-refractivity contribution in [1.29, 1.82) is 0 Å². The number of esters is 1. The fourth-order valence-electron chi connectivity index (χ4n) is 2.89. The summed E-state index contributed by atoms with van der Waals surface area (Å²) in [6.45, 7) is 5.41. The molecule has 1 fully saturated rings. The third-order valence-corrected chi connectivity index (χ3v) is 6.82. The minimum atomic E-state index is -2.11. The summed E-state index contributed by atoms with van der Waals surface area (Å²) in [5.41, 5.74) is 2.35. The lowest BCUT2D eigenvalue weighted by Gasteiger charge is -2.48. The predicted molar refractivity (Wildman–Crippen MR) is 126 cm³/mol. The number of methoxy groups -OCH3 is 1. The van der Waals surface area contributed by atoms with Crippen LogP contribution in [0.4, 0.5) is 4.79 Å². The largest absolute Gasteiger partial charge is 0.463 e. The van der Waals surface area contributed by atoms with Crippen LogP contribution in [0.3, 0.4) is 0 Å². The standard InChI is InChI=1S/C18H23IN4O7S2/c1-10(2)14(17(26)30-7-6-19)23-15(25)13(16(23)32(28)22-21-18(27)29-3)20-12(24)9-11-5-4-8-31-11/h4-5,8,13-14,16,22H,1,6-7,9H2,2-3H3,(H,20,24)(H,21,27). The maximum Gasteiger partial charge on any atom is 0.422 e. The van der Waals surface area contributed by atoms with Gasteiger partial charge in [0.25, 0.3) is 0 Å². The molecule has 0 saturated carbocycles. The Balaban J connectivity index is 2.22. The second-order valence-corrected chi connectivity index (χ2v) is 9.95. The van der Waals surface area contributed by atoms with Gasteiger partial charge in [-0.15, -0.1) is 16.2 Å². The molecule has 1 saturated heterocycles. The van der Waals surface area contributed by atoms with Crippen molar-refractivity contribution in [3.63, 3.8) is 0 Å². The van der Waals surface area contributed by atoms with Gasteiger partial charge in [0, 0.05) is 9.30 Å². The van der Waals surface area contributed by atoms with Crippen molar-refractivity contribution in [2.45, 2.75) is 30.8 Å². The van der Waals surface area contributed by atoms with Crippen molar-refractivity contribution in [2.24, 2.45) is 0 Å². The van der Waals surface area contributed by atoms with Crippen LogP contribution in [0.15, 0.2) is 29.7 Å². The van der Waals surface area contributed by atoms with E-state index in [9.17, 15) is 23.4 Å². The van der Waals surface area contributed by atoms with Gasteiger partial charge in [-0.2, -0.15) is 0 Å². The molecule has 0 aliphatic carbocycles. The number of nitrogens with one attached hydrogen (secondary N) is 3. The number of β-lactam (4-membered cyclic amide) rings is 1. The number of alkyl halides is 1. The topological polar surface area (TPSA) is 143 Å². The number of hydrogen-bond donors (Lipinski definition) is 3. The number of likely N-dealkylation sites (tertiary alicyclic amines) is 1. The molecule has 0 bridgehead atoms. The van der Waals surface area contributed by atoms with Crippen molar-refractivity contribution in [1.82, 2.24) is 20.5 Å². The number of nitrogens with zero attached hydrogens (tertiary/aromatic N) is 1. The zero-order valence-corrected chi connectivity index (χ0v) is 21.1. The van der Waals surface area contributed by atoms with Crippen LogP contribution in [0.2, 0.25) is 0 Å². The van der Waals surface area contributed by atoms with E-state index in [0.29, 0.717) is 10.0 Å². The summed E-state index contributed by atoms with van der Waals surface area (Å²) in [6.07, 6.45) is -0.872. The van der Waals surface area contributed by atoms with Gasteiger partial charge < -0.3 is 19.7 Å². The summed E-state index contributed by atoms with van der Waals surface area (Å²) in [5.74, 6) is -1.80. The average Bonchev–Trinajstić information content (AvgIpc) is 3.26. The van der Waals surface area contributed by atoms with Crippen LogP contribution in [0, 0.1) is 0 Å². The molecule has 2 rings (SSSR count). The fraction of sp³-hybridized carbons (Fsp3) is 0.444. The molecule has 4 atom stereocenters. The highest BCUT2D eigenvalue weighted by atomic mass is 127. The minimum Gasteiger partial charge on any atom is -0.463 e. The van der Waals surface area contributed by atoms with E-state index in [4.69, 9.17) is 4.74 Å². The Morgan fingerprint density at radius 2 is 2.12 bits per heavy atom. The van der Waals surface area contributed by atoms with Gasteiger partial charge >= 0.3 is 12.1 Å². The van der Waals surface area contributed by atoms with Crippen LogP contribution in [0.25, 0.3) is 0 Å². The second-order valence-electron chi connectivity index (χ2n) is 6.56. The number of hydrazine groups is 1. The highest BCUT2D eigenvalue weighted by Crippen LogP contribution is 2.29. The molecule has 3 amide bonds. The normalized spacial score (nSPS) is 19.3. The molecule has 32 heavy (non-hydrogen) atoms. The fourth-order valence-corrected chi connectivity index (χ4v) is 4.98. The summed E-state index contributed by atoms with van der Waals surface area (Å²) in [4.78, 5) is 53.3. The zero-order valence-electron chi connectivity index (χ0n) is 17.3.